The van der Waals surface area contributed by atoms with Crippen LogP contribution in [0, 0.1) is 18.3 Å². The van der Waals surface area contributed by atoms with Crippen LogP contribution in [0.15, 0.2) is 84.6 Å². The molecule has 158 valence electrons. The molecule has 4 aromatic rings. The number of rotatable bonds is 6. The zero-order valence-electron chi connectivity index (χ0n) is 18.0. The topological polar surface area (TPSA) is 67.0 Å². The fourth-order valence-corrected chi connectivity index (χ4v) is 3.71. The first kappa shape index (κ1) is 21.0. The third-order valence-corrected chi connectivity index (χ3v) is 5.27. The number of amides is 1. The SMILES string of the molecule is COc1ccc(NC(=O)C(C#N)=Cc2cn(Cc3cccc(C)c3)c3ccccc23)cc1. The van der Waals surface area contributed by atoms with Crippen LogP contribution in [0.25, 0.3) is 17.0 Å². The normalized spacial score (nSPS) is 11.2. The first-order valence-electron chi connectivity index (χ1n) is 10.3. The van der Waals surface area contributed by atoms with Gasteiger partial charge in [-0.15, -0.1) is 0 Å². The van der Waals surface area contributed by atoms with Gasteiger partial charge in [0.25, 0.3) is 5.91 Å². The summed E-state index contributed by atoms with van der Waals surface area (Å²) in [5, 5.41) is 13.4. The van der Waals surface area contributed by atoms with Crippen LogP contribution >= 0.6 is 0 Å². The van der Waals surface area contributed by atoms with E-state index in [4.69, 9.17) is 4.74 Å². The molecule has 1 aromatic heterocycles. The molecule has 32 heavy (non-hydrogen) atoms. The Bertz CT molecular complexity index is 1340. The van der Waals surface area contributed by atoms with Gasteiger partial charge in [-0.3, -0.25) is 4.79 Å². The van der Waals surface area contributed by atoms with Crippen molar-refractivity contribution in [1.82, 2.24) is 4.57 Å². The molecule has 0 aliphatic rings. The molecule has 0 aliphatic carbocycles. The second kappa shape index (κ2) is 9.23. The third-order valence-electron chi connectivity index (χ3n) is 5.27. The minimum atomic E-state index is -0.451. The van der Waals surface area contributed by atoms with Crippen LogP contribution in [0.5, 0.6) is 5.75 Å². The smallest absolute Gasteiger partial charge is 0.266 e. The highest BCUT2D eigenvalue weighted by molar-refractivity contribution is 6.10. The van der Waals surface area contributed by atoms with Gasteiger partial charge in [0.05, 0.1) is 7.11 Å². The molecule has 0 saturated heterocycles. The van der Waals surface area contributed by atoms with Crippen molar-refractivity contribution in [3.05, 3.63) is 101 Å². The Morgan fingerprint density at radius 2 is 1.88 bits per heavy atom. The standard InChI is InChI=1S/C27H23N3O2/c1-19-6-5-7-20(14-19)17-30-18-22(25-8-3-4-9-26(25)30)15-21(16-28)27(31)29-23-10-12-24(32-2)13-11-23/h3-15,18H,17H2,1-2H3,(H,29,31). The number of hydrogen-bond donors (Lipinski definition) is 1. The van der Waals surface area contributed by atoms with Gasteiger partial charge in [-0.1, -0.05) is 48.0 Å². The predicted octanol–water partition coefficient (Wildman–Crippen LogP) is 5.55. The van der Waals surface area contributed by atoms with Crippen molar-refractivity contribution in [1.29, 1.82) is 5.26 Å². The van der Waals surface area contributed by atoms with Gasteiger partial charge in [0.15, 0.2) is 0 Å². The van der Waals surface area contributed by atoms with Gasteiger partial charge in [-0.05, 0) is 48.9 Å². The molecule has 0 unspecified atom stereocenters. The number of nitriles is 1. The lowest BCUT2D eigenvalue weighted by atomic mass is 10.1. The average Bonchev–Trinajstić information content (AvgIpc) is 3.15. The summed E-state index contributed by atoms with van der Waals surface area (Å²) in [6, 6.07) is 25.4. The number of fused-ring (bicyclic) bond motifs is 1. The van der Waals surface area contributed by atoms with Gasteiger partial charge < -0.3 is 14.6 Å². The molecular weight excluding hydrogens is 398 g/mol. The lowest BCUT2D eigenvalue weighted by Gasteiger charge is -2.06. The second-order valence-electron chi connectivity index (χ2n) is 7.57. The number of para-hydroxylation sites is 1. The van der Waals surface area contributed by atoms with E-state index in [0.717, 1.165) is 16.5 Å². The molecule has 1 heterocycles. The summed E-state index contributed by atoms with van der Waals surface area (Å²) < 4.78 is 7.28. The second-order valence-corrected chi connectivity index (χ2v) is 7.57. The third kappa shape index (κ3) is 4.55. The lowest BCUT2D eigenvalue weighted by molar-refractivity contribution is -0.112. The molecule has 1 N–H and O–H groups in total. The maximum Gasteiger partial charge on any atom is 0.266 e. The van der Waals surface area contributed by atoms with Crippen LogP contribution in [-0.2, 0) is 11.3 Å². The predicted molar refractivity (Wildman–Crippen MR) is 127 cm³/mol. The average molecular weight is 422 g/mol. The zero-order valence-corrected chi connectivity index (χ0v) is 18.0. The summed E-state index contributed by atoms with van der Waals surface area (Å²) in [5.41, 5.74) is 4.92. The van der Waals surface area contributed by atoms with Crippen LogP contribution < -0.4 is 10.1 Å². The van der Waals surface area contributed by atoms with E-state index in [0.29, 0.717) is 18.0 Å². The highest BCUT2D eigenvalue weighted by atomic mass is 16.5. The minimum absolute atomic E-state index is 0.0410. The number of aryl methyl sites for hydroxylation is 1. The van der Waals surface area contributed by atoms with E-state index < -0.39 is 5.91 Å². The van der Waals surface area contributed by atoms with Crippen molar-refractivity contribution in [2.45, 2.75) is 13.5 Å². The zero-order chi connectivity index (χ0) is 22.5. The number of nitrogens with zero attached hydrogens (tertiary/aromatic N) is 2. The molecule has 0 aliphatic heterocycles. The quantitative estimate of drug-likeness (QED) is 0.328. The van der Waals surface area contributed by atoms with Crippen molar-refractivity contribution >= 4 is 28.6 Å². The molecule has 4 rings (SSSR count). The Hall–Kier alpha value is -4.30. The largest absolute Gasteiger partial charge is 0.497 e. The van der Waals surface area contributed by atoms with E-state index in [1.165, 1.54) is 11.1 Å². The number of methoxy groups -OCH3 is 1. The Balaban J connectivity index is 1.65. The molecule has 0 spiro atoms. The van der Waals surface area contributed by atoms with Crippen LogP contribution in [0.1, 0.15) is 16.7 Å². The van der Waals surface area contributed by atoms with Gasteiger partial charge in [0, 0.05) is 34.9 Å². The molecule has 5 nitrogen and oxygen atoms in total. The summed E-state index contributed by atoms with van der Waals surface area (Å²) in [6.45, 7) is 2.78. The van der Waals surface area contributed by atoms with Crippen molar-refractivity contribution < 1.29 is 9.53 Å². The van der Waals surface area contributed by atoms with E-state index in [1.807, 2.05) is 36.5 Å². The maximum atomic E-state index is 12.7. The van der Waals surface area contributed by atoms with Crippen LogP contribution in [-0.4, -0.2) is 17.6 Å². The van der Waals surface area contributed by atoms with Gasteiger partial charge in [0.2, 0.25) is 0 Å². The molecule has 0 radical (unpaired) electrons. The molecule has 0 saturated carbocycles. The van der Waals surface area contributed by atoms with E-state index in [2.05, 4.69) is 41.1 Å². The highest BCUT2D eigenvalue weighted by Crippen LogP contribution is 2.25. The van der Waals surface area contributed by atoms with E-state index in [1.54, 1.807) is 37.5 Å². The van der Waals surface area contributed by atoms with Crippen molar-refractivity contribution in [3.63, 3.8) is 0 Å². The fraction of sp³-hybridized carbons (Fsp3) is 0.111. The number of benzene rings is 3. The molecule has 0 atom stereocenters. The molecular formula is C27H23N3O2. The van der Waals surface area contributed by atoms with Crippen LogP contribution in [0.2, 0.25) is 0 Å². The summed E-state index contributed by atoms with van der Waals surface area (Å²) in [7, 11) is 1.58. The van der Waals surface area contributed by atoms with Gasteiger partial charge in [0.1, 0.15) is 17.4 Å². The van der Waals surface area contributed by atoms with Gasteiger partial charge >= 0.3 is 0 Å². The maximum absolute atomic E-state index is 12.7. The molecule has 1 amide bonds. The number of carbonyl (C=O) groups excluding carboxylic acids is 1. The summed E-state index contributed by atoms with van der Waals surface area (Å²) in [4.78, 5) is 12.7. The lowest BCUT2D eigenvalue weighted by Crippen LogP contribution is -2.13. The Kier molecular flexibility index (Phi) is 6.05. The Morgan fingerprint density at radius 3 is 2.59 bits per heavy atom. The van der Waals surface area contributed by atoms with Crippen LogP contribution in [0.4, 0.5) is 5.69 Å². The first-order valence-corrected chi connectivity index (χ1v) is 10.3. The van der Waals surface area contributed by atoms with Gasteiger partial charge in [-0.25, -0.2) is 0 Å². The van der Waals surface area contributed by atoms with E-state index in [-0.39, 0.29) is 5.57 Å². The van der Waals surface area contributed by atoms with Crippen molar-refractivity contribution in [2.24, 2.45) is 0 Å². The number of aromatic nitrogens is 1. The first-order chi connectivity index (χ1) is 15.6. The fourth-order valence-electron chi connectivity index (χ4n) is 3.71. The molecule has 0 bridgehead atoms. The number of carbonyl (C=O) groups is 1. The molecule has 3 aromatic carbocycles. The van der Waals surface area contributed by atoms with Gasteiger partial charge in [-0.2, -0.15) is 5.26 Å². The van der Waals surface area contributed by atoms with Crippen LogP contribution in [0.3, 0.4) is 0 Å². The summed E-state index contributed by atoms with van der Waals surface area (Å²) >= 11 is 0. The van der Waals surface area contributed by atoms with Crippen molar-refractivity contribution in [3.8, 4) is 11.8 Å². The Labute approximate surface area is 187 Å². The number of hydrogen-bond acceptors (Lipinski definition) is 3. The monoisotopic (exact) mass is 421 g/mol. The molecule has 5 heteroatoms. The number of ether oxygens (including phenoxy) is 1. The molecule has 0 fully saturated rings. The number of nitrogens with one attached hydrogen (secondary N) is 1. The highest BCUT2D eigenvalue weighted by Gasteiger charge is 2.13. The number of anilines is 1. The van der Waals surface area contributed by atoms with Crippen molar-refractivity contribution in [2.75, 3.05) is 12.4 Å². The Morgan fingerprint density at radius 1 is 1.09 bits per heavy atom. The van der Waals surface area contributed by atoms with E-state index in [9.17, 15) is 10.1 Å². The van der Waals surface area contributed by atoms with E-state index >= 15 is 0 Å². The minimum Gasteiger partial charge on any atom is -0.497 e. The summed E-state index contributed by atoms with van der Waals surface area (Å²) in [5.74, 6) is 0.244. The summed E-state index contributed by atoms with van der Waals surface area (Å²) in [6.07, 6.45) is 3.64.